The summed E-state index contributed by atoms with van der Waals surface area (Å²) in [7, 11) is -1.41. The van der Waals surface area contributed by atoms with Gasteiger partial charge in [0.25, 0.3) is 0 Å². The van der Waals surface area contributed by atoms with Crippen molar-refractivity contribution in [1.82, 2.24) is 0 Å². The van der Waals surface area contributed by atoms with Gasteiger partial charge < -0.3 is 5.11 Å². The van der Waals surface area contributed by atoms with Crippen LogP contribution in [0.3, 0.4) is 0 Å². The number of hydrogen-bond acceptors (Lipinski definition) is 2. The number of carboxylic acids is 1. The summed E-state index contributed by atoms with van der Waals surface area (Å²) < 4.78 is 0. The maximum Gasteiger partial charge on any atom is 0.320 e. The number of nitrogens with zero attached hydrogens (tertiary/aromatic N) is 1. The van der Waals surface area contributed by atoms with Crippen LogP contribution in [0.1, 0.15) is 0 Å². The van der Waals surface area contributed by atoms with Crippen LogP contribution in [0.25, 0.3) is 0 Å². The minimum atomic E-state index is -1.41. The third-order valence-corrected chi connectivity index (χ3v) is 2.90. The number of aliphatic carboxylic acids is 1. The maximum atomic E-state index is 10.4. The van der Waals surface area contributed by atoms with E-state index in [0.29, 0.717) is 6.04 Å². The summed E-state index contributed by atoms with van der Waals surface area (Å²) in [5.41, 5.74) is 0. The Morgan fingerprint density at radius 2 is 2.09 bits per heavy atom. The molecule has 0 radical (unpaired) electrons. The summed E-state index contributed by atoms with van der Waals surface area (Å²) in [5, 5.41) is 17.0. The van der Waals surface area contributed by atoms with Crippen molar-refractivity contribution in [3.05, 3.63) is 0 Å². The minimum absolute atomic E-state index is 0.541. The maximum absolute atomic E-state index is 10.4. The lowest BCUT2D eigenvalue weighted by molar-refractivity contribution is -0.139. The Balaban J connectivity index is 4.13. The SMILES string of the molecule is C[Si](C)(C)CC(C#N)C(=O)O. The van der Waals surface area contributed by atoms with Crippen LogP contribution >= 0.6 is 0 Å². The molecular weight excluding hydrogens is 158 g/mol. The van der Waals surface area contributed by atoms with Crippen molar-refractivity contribution < 1.29 is 9.90 Å². The van der Waals surface area contributed by atoms with Gasteiger partial charge in [-0.3, -0.25) is 4.79 Å². The van der Waals surface area contributed by atoms with Gasteiger partial charge in [0, 0.05) is 8.07 Å². The first kappa shape index (κ1) is 10.2. The van der Waals surface area contributed by atoms with Crippen LogP contribution in [-0.2, 0) is 4.79 Å². The molecule has 1 atom stereocenters. The van der Waals surface area contributed by atoms with Crippen molar-refractivity contribution in [2.45, 2.75) is 25.7 Å². The molecule has 0 fully saturated rings. The second-order valence-corrected chi connectivity index (χ2v) is 9.31. The first-order chi connectivity index (χ1) is 4.87. The second-order valence-electron chi connectivity index (χ2n) is 3.78. The van der Waals surface area contributed by atoms with Crippen LogP contribution in [0.15, 0.2) is 0 Å². The highest BCUT2D eigenvalue weighted by atomic mass is 28.3. The van der Waals surface area contributed by atoms with Gasteiger partial charge >= 0.3 is 5.97 Å². The van der Waals surface area contributed by atoms with Gasteiger partial charge in [0.05, 0.1) is 6.07 Å². The van der Waals surface area contributed by atoms with Gasteiger partial charge in [-0.05, 0) is 6.04 Å². The molecule has 62 valence electrons. The van der Waals surface area contributed by atoms with Crippen LogP contribution in [-0.4, -0.2) is 19.1 Å². The lowest BCUT2D eigenvalue weighted by Gasteiger charge is -2.16. The molecule has 0 bridgehead atoms. The van der Waals surface area contributed by atoms with Crippen LogP contribution < -0.4 is 0 Å². The van der Waals surface area contributed by atoms with E-state index >= 15 is 0 Å². The van der Waals surface area contributed by atoms with Crippen molar-refractivity contribution in [3.63, 3.8) is 0 Å². The van der Waals surface area contributed by atoms with Crippen molar-refractivity contribution in [2.24, 2.45) is 5.92 Å². The lowest BCUT2D eigenvalue weighted by atomic mass is 10.2. The quantitative estimate of drug-likeness (QED) is 0.655. The van der Waals surface area contributed by atoms with E-state index in [-0.39, 0.29) is 0 Å². The molecule has 11 heavy (non-hydrogen) atoms. The molecule has 1 N–H and O–H groups in total. The average molecular weight is 171 g/mol. The largest absolute Gasteiger partial charge is 0.480 e. The number of carbonyl (C=O) groups is 1. The zero-order chi connectivity index (χ0) is 9.07. The molecule has 0 aromatic heterocycles. The van der Waals surface area contributed by atoms with Gasteiger partial charge in [0.1, 0.15) is 5.92 Å². The Morgan fingerprint density at radius 3 is 2.18 bits per heavy atom. The van der Waals surface area contributed by atoms with E-state index in [1.807, 2.05) is 0 Å². The zero-order valence-corrected chi connectivity index (χ0v) is 8.09. The van der Waals surface area contributed by atoms with E-state index < -0.39 is 20.0 Å². The normalized spacial score (nSPS) is 13.6. The van der Waals surface area contributed by atoms with E-state index in [2.05, 4.69) is 19.6 Å². The van der Waals surface area contributed by atoms with Gasteiger partial charge in [-0.25, -0.2) is 0 Å². The van der Waals surface area contributed by atoms with E-state index in [1.165, 1.54) is 0 Å². The van der Waals surface area contributed by atoms with Gasteiger partial charge in [0.15, 0.2) is 0 Å². The monoisotopic (exact) mass is 171 g/mol. The van der Waals surface area contributed by atoms with E-state index in [0.717, 1.165) is 0 Å². The highest BCUT2D eigenvalue weighted by molar-refractivity contribution is 6.76. The molecule has 4 heteroatoms. The summed E-state index contributed by atoms with van der Waals surface area (Å²) in [6.45, 7) is 6.17. The summed E-state index contributed by atoms with van der Waals surface area (Å²) >= 11 is 0. The third kappa shape index (κ3) is 4.56. The van der Waals surface area contributed by atoms with Gasteiger partial charge in [-0.15, -0.1) is 0 Å². The van der Waals surface area contributed by atoms with Crippen molar-refractivity contribution in [1.29, 1.82) is 5.26 Å². The second kappa shape index (κ2) is 3.53. The highest BCUT2D eigenvalue weighted by Gasteiger charge is 2.25. The fourth-order valence-corrected chi connectivity index (χ4v) is 2.29. The fraction of sp³-hybridized carbons (Fsp3) is 0.714. The van der Waals surface area contributed by atoms with Crippen LogP contribution in [0.4, 0.5) is 0 Å². The van der Waals surface area contributed by atoms with Gasteiger partial charge in [-0.2, -0.15) is 5.26 Å². The topological polar surface area (TPSA) is 61.1 Å². The first-order valence-electron chi connectivity index (χ1n) is 3.49. The Hall–Kier alpha value is -0.823. The van der Waals surface area contributed by atoms with Gasteiger partial charge in [-0.1, -0.05) is 19.6 Å². The third-order valence-electron chi connectivity index (χ3n) is 1.27. The molecule has 0 amide bonds. The highest BCUT2D eigenvalue weighted by Crippen LogP contribution is 2.16. The van der Waals surface area contributed by atoms with E-state index in [9.17, 15) is 4.79 Å². The molecule has 3 nitrogen and oxygen atoms in total. The molecule has 1 unspecified atom stereocenters. The predicted molar refractivity (Wildman–Crippen MR) is 44.9 cm³/mol. The molecule has 0 spiro atoms. The Bertz CT molecular complexity index is 190. The molecule has 0 saturated heterocycles. The molecule has 0 aliphatic rings. The summed E-state index contributed by atoms with van der Waals surface area (Å²) in [5.74, 6) is -1.79. The summed E-state index contributed by atoms with van der Waals surface area (Å²) in [6, 6.07) is 2.33. The van der Waals surface area contributed by atoms with Crippen LogP contribution in [0, 0.1) is 17.2 Å². The van der Waals surface area contributed by atoms with Crippen molar-refractivity contribution in [3.8, 4) is 6.07 Å². The Labute approximate surface area is 67.7 Å². The van der Waals surface area contributed by atoms with Crippen LogP contribution in [0.2, 0.25) is 25.7 Å². The number of carboxylic acid groups (broad SMARTS) is 1. The van der Waals surface area contributed by atoms with E-state index in [1.54, 1.807) is 6.07 Å². The Morgan fingerprint density at radius 1 is 1.64 bits per heavy atom. The summed E-state index contributed by atoms with van der Waals surface area (Å²) in [4.78, 5) is 10.4. The first-order valence-corrected chi connectivity index (χ1v) is 7.20. The smallest absolute Gasteiger partial charge is 0.320 e. The Kier molecular flexibility index (Phi) is 3.27. The van der Waals surface area contributed by atoms with Crippen molar-refractivity contribution in [2.75, 3.05) is 0 Å². The fourth-order valence-electron chi connectivity index (χ4n) is 0.801. The molecule has 0 aliphatic carbocycles. The molecule has 0 rings (SSSR count). The zero-order valence-electron chi connectivity index (χ0n) is 7.09. The molecule has 0 aromatic carbocycles. The van der Waals surface area contributed by atoms with Gasteiger partial charge in [0.2, 0.25) is 0 Å². The lowest BCUT2D eigenvalue weighted by Crippen LogP contribution is -2.27. The predicted octanol–water partition coefficient (Wildman–Crippen LogP) is 1.55. The summed E-state index contributed by atoms with van der Waals surface area (Å²) in [6.07, 6.45) is 0. The minimum Gasteiger partial charge on any atom is -0.480 e. The number of rotatable bonds is 3. The molecule has 0 saturated carbocycles. The van der Waals surface area contributed by atoms with Crippen molar-refractivity contribution >= 4 is 14.0 Å². The molecule has 0 heterocycles. The molecular formula is C7H13NO2Si. The average Bonchev–Trinajstić information content (AvgIpc) is 1.80. The van der Waals surface area contributed by atoms with E-state index in [4.69, 9.17) is 10.4 Å². The molecule has 0 aliphatic heterocycles. The van der Waals surface area contributed by atoms with Crippen LogP contribution in [0.5, 0.6) is 0 Å². The standard InChI is InChI=1S/C7H13NO2Si/c1-11(2,3)5-6(4-8)7(9)10/h6H,5H2,1-3H3,(H,9,10). The number of nitriles is 1. The molecule has 0 aromatic rings. The number of hydrogen-bond donors (Lipinski definition) is 1.